The van der Waals surface area contributed by atoms with Crippen LogP contribution in [0, 0.1) is 11.3 Å². The molecule has 144 valence electrons. The molecular formula is C23H17BrN2O3. The van der Waals surface area contributed by atoms with E-state index in [1.807, 2.05) is 48.5 Å². The third-order valence-corrected chi connectivity index (χ3v) is 5.27. The molecule has 1 heterocycles. The Morgan fingerprint density at radius 3 is 2.59 bits per heavy atom. The number of halogens is 1. The molecule has 29 heavy (non-hydrogen) atoms. The average molecular weight is 449 g/mol. The lowest BCUT2D eigenvalue weighted by Crippen LogP contribution is -2.21. The monoisotopic (exact) mass is 448 g/mol. The zero-order valence-corrected chi connectivity index (χ0v) is 16.9. The number of para-hydroxylation sites is 1. The standard InChI is InChI=1S/C23H17BrN2O3/c24-15-7-5-14(6-8-15)13-28-20-4-2-1-3-17(20)22-18-10-9-16(27)11-21(18)29-23(26)19(22)12-25/h1-11,22,27H,13,26H2. The highest BCUT2D eigenvalue weighted by molar-refractivity contribution is 9.10. The van der Waals surface area contributed by atoms with Crippen LogP contribution in [0.1, 0.15) is 22.6 Å². The molecule has 6 heteroatoms. The Morgan fingerprint density at radius 1 is 1.07 bits per heavy atom. The van der Waals surface area contributed by atoms with Crippen molar-refractivity contribution in [2.75, 3.05) is 0 Å². The van der Waals surface area contributed by atoms with Crippen LogP contribution in [0.4, 0.5) is 0 Å². The van der Waals surface area contributed by atoms with E-state index in [1.54, 1.807) is 12.1 Å². The summed E-state index contributed by atoms with van der Waals surface area (Å²) in [5, 5.41) is 19.5. The smallest absolute Gasteiger partial charge is 0.205 e. The van der Waals surface area contributed by atoms with Crippen LogP contribution >= 0.6 is 15.9 Å². The molecule has 3 aromatic rings. The van der Waals surface area contributed by atoms with Gasteiger partial charge in [-0.15, -0.1) is 0 Å². The van der Waals surface area contributed by atoms with Gasteiger partial charge in [-0.3, -0.25) is 0 Å². The van der Waals surface area contributed by atoms with Gasteiger partial charge in [0.2, 0.25) is 5.88 Å². The third-order valence-electron chi connectivity index (χ3n) is 4.74. The number of phenols is 1. The molecule has 1 aliphatic heterocycles. The first-order chi connectivity index (χ1) is 14.1. The van der Waals surface area contributed by atoms with Gasteiger partial charge in [0.05, 0.1) is 5.92 Å². The first-order valence-corrected chi connectivity index (χ1v) is 9.73. The van der Waals surface area contributed by atoms with Crippen LogP contribution in [0.15, 0.2) is 82.7 Å². The van der Waals surface area contributed by atoms with Crippen LogP contribution in [-0.4, -0.2) is 5.11 Å². The van der Waals surface area contributed by atoms with Crippen molar-refractivity contribution in [3.8, 4) is 23.3 Å². The average Bonchev–Trinajstić information content (AvgIpc) is 2.72. The number of aromatic hydroxyl groups is 1. The highest BCUT2D eigenvalue weighted by Crippen LogP contribution is 2.45. The second-order valence-electron chi connectivity index (χ2n) is 6.60. The van der Waals surface area contributed by atoms with Crippen molar-refractivity contribution in [2.45, 2.75) is 12.5 Å². The van der Waals surface area contributed by atoms with Gasteiger partial charge in [0, 0.05) is 21.7 Å². The second-order valence-corrected chi connectivity index (χ2v) is 7.52. The van der Waals surface area contributed by atoms with Gasteiger partial charge in [-0.05, 0) is 29.8 Å². The number of rotatable bonds is 4. The van der Waals surface area contributed by atoms with E-state index in [4.69, 9.17) is 15.2 Å². The summed E-state index contributed by atoms with van der Waals surface area (Å²) in [6.45, 7) is 0.386. The summed E-state index contributed by atoms with van der Waals surface area (Å²) in [6.07, 6.45) is 0. The molecule has 1 aliphatic rings. The van der Waals surface area contributed by atoms with E-state index in [9.17, 15) is 10.4 Å². The van der Waals surface area contributed by atoms with Gasteiger partial charge >= 0.3 is 0 Å². The van der Waals surface area contributed by atoms with Gasteiger partial charge < -0.3 is 20.3 Å². The lowest BCUT2D eigenvalue weighted by atomic mass is 9.83. The second kappa shape index (κ2) is 7.90. The predicted molar refractivity (Wildman–Crippen MR) is 112 cm³/mol. The Labute approximate surface area is 176 Å². The molecule has 1 unspecified atom stereocenters. The number of hydrogen-bond donors (Lipinski definition) is 2. The van der Waals surface area contributed by atoms with Crippen molar-refractivity contribution < 1.29 is 14.6 Å². The van der Waals surface area contributed by atoms with E-state index < -0.39 is 5.92 Å². The predicted octanol–water partition coefficient (Wildman–Crippen LogP) is 4.95. The van der Waals surface area contributed by atoms with E-state index in [1.165, 1.54) is 6.07 Å². The number of nitrogens with two attached hydrogens (primary N) is 1. The normalized spacial score (nSPS) is 15.2. The zero-order valence-electron chi connectivity index (χ0n) is 15.3. The fourth-order valence-electron chi connectivity index (χ4n) is 3.36. The Kier molecular flexibility index (Phi) is 5.15. The molecule has 0 aromatic heterocycles. The molecular weight excluding hydrogens is 432 g/mol. The summed E-state index contributed by atoms with van der Waals surface area (Å²) < 4.78 is 12.7. The van der Waals surface area contributed by atoms with E-state index in [2.05, 4.69) is 22.0 Å². The van der Waals surface area contributed by atoms with E-state index in [0.717, 1.165) is 21.2 Å². The maximum absolute atomic E-state index is 9.81. The Hall–Kier alpha value is -3.43. The van der Waals surface area contributed by atoms with Crippen LogP contribution in [0.3, 0.4) is 0 Å². The number of ether oxygens (including phenoxy) is 2. The molecule has 4 rings (SSSR count). The Morgan fingerprint density at radius 2 is 1.83 bits per heavy atom. The maximum Gasteiger partial charge on any atom is 0.205 e. The van der Waals surface area contributed by atoms with Crippen molar-refractivity contribution in [3.05, 3.63) is 99.3 Å². The molecule has 1 atom stereocenters. The SMILES string of the molecule is N#CC1=C(N)Oc2cc(O)ccc2C1c1ccccc1OCc1ccc(Br)cc1. The fourth-order valence-corrected chi connectivity index (χ4v) is 3.62. The molecule has 0 amide bonds. The van der Waals surface area contributed by atoms with E-state index in [-0.39, 0.29) is 11.6 Å². The van der Waals surface area contributed by atoms with Crippen molar-refractivity contribution in [2.24, 2.45) is 5.73 Å². The number of fused-ring (bicyclic) bond motifs is 1. The van der Waals surface area contributed by atoms with E-state index in [0.29, 0.717) is 23.7 Å². The van der Waals surface area contributed by atoms with Gasteiger partial charge in [-0.25, -0.2) is 0 Å². The highest BCUT2D eigenvalue weighted by Gasteiger charge is 2.32. The van der Waals surface area contributed by atoms with Crippen molar-refractivity contribution in [3.63, 3.8) is 0 Å². The molecule has 0 aliphatic carbocycles. The third kappa shape index (κ3) is 3.78. The van der Waals surface area contributed by atoms with Gasteiger partial charge in [0.1, 0.15) is 35.5 Å². The first-order valence-electron chi connectivity index (χ1n) is 8.93. The number of allylic oxidation sites excluding steroid dienone is 1. The van der Waals surface area contributed by atoms with Gasteiger partial charge in [-0.2, -0.15) is 5.26 Å². The highest BCUT2D eigenvalue weighted by atomic mass is 79.9. The lowest BCUT2D eigenvalue weighted by molar-refractivity contribution is 0.301. The molecule has 0 saturated heterocycles. The minimum atomic E-state index is -0.453. The number of hydrogen-bond acceptors (Lipinski definition) is 5. The van der Waals surface area contributed by atoms with Gasteiger partial charge in [0.15, 0.2) is 0 Å². The summed E-state index contributed by atoms with van der Waals surface area (Å²) >= 11 is 3.43. The Balaban J connectivity index is 1.74. The number of benzene rings is 3. The molecule has 0 saturated carbocycles. The summed E-state index contributed by atoms with van der Waals surface area (Å²) in [7, 11) is 0. The van der Waals surface area contributed by atoms with Crippen molar-refractivity contribution >= 4 is 15.9 Å². The lowest BCUT2D eigenvalue weighted by Gasteiger charge is -2.27. The molecule has 3 aromatic carbocycles. The molecule has 0 radical (unpaired) electrons. The zero-order chi connectivity index (χ0) is 20.4. The molecule has 0 fully saturated rings. The molecule has 3 N–H and O–H groups in total. The maximum atomic E-state index is 9.81. The first kappa shape index (κ1) is 18.9. The van der Waals surface area contributed by atoms with Crippen LogP contribution in [0.5, 0.6) is 17.2 Å². The molecule has 5 nitrogen and oxygen atoms in total. The van der Waals surface area contributed by atoms with Crippen molar-refractivity contribution in [1.82, 2.24) is 0 Å². The molecule has 0 spiro atoms. The van der Waals surface area contributed by atoms with Crippen molar-refractivity contribution in [1.29, 1.82) is 5.26 Å². The minimum absolute atomic E-state index is 0.0262. The summed E-state index contributed by atoms with van der Waals surface area (Å²) in [4.78, 5) is 0. The largest absolute Gasteiger partial charge is 0.508 e. The van der Waals surface area contributed by atoms with Crippen LogP contribution in [0.2, 0.25) is 0 Å². The molecule has 0 bridgehead atoms. The van der Waals surface area contributed by atoms with Crippen LogP contribution < -0.4 is 15.2 Å². The number of nitriles is 1. The number of nitrogens with zero attached hydrogens (tertiary/aromatic N) is 1. The van der Waals surface area contributed by atoms with Gasteiger partial charge in [-0.1, -0.05) is 52.3 Å². The number of phenolic OH excluding ortho intramolecular Hbond substituents is 1. The Bertz CT molecular complexity index is 1130. The van der Waals surface area contributed by atoms with Crippen LogP contribution in [0.25, 0.3) is 0 Å². The minimum Gasteiger partial charge on any atom is -0.508 e. The van der Waals surface area contributed by atoms with Crippen LogP contribution in [-0.2, 0) is 6.61 Å². The summed E-state index contributed by atoms with van der Waals surface area (Å²) in [6, 6.07) is 22.4. The topological polar surface area (TPSA) is 88.5 Å². The van der Waals surface area contributed by atoms with Gasteiger partial charge in [0.25, 0.3) is 0 Å². The quantitative estimate of drug-likeness (QED) is 0.589. The summed E-state index contributed by atoms with van der Waals surface area (Å²) in [5.74, 6) is 0.718. The fraction of sp³-hybridized carbons (Fsp3) is 0.0870. The summed E-state index contributed by atoms with van der Waals surface area (Å²) in [5.41, 5.74) is 8.90. The van der Waals surface area contributed by atoms with E-state index >= 15 is 0 Å².